The lowest BCUT2D eigenvalue weighted by atomic mass is 10.1. The summed E-state index contributed by atoms with van der Waals surface area (Å²) in [4.78, 5) is 73.0. The van der Waals surface area contributed by atoms with Gasteiger partial charge in [0.05, 0.1) is 12.5 Å². The number of rotatable bonds is 15. The van der Waals surface area contributed by atoms with Gasteiger partial charge in [0, 0.05) is 13.0 Å². The van der Waals surface area contributed by atoms with E-state index in [4.69, 9.17) is 22.3 Å². The van der Waals surface area contributed by atoms with E-state index in [1.54, 1.807) is 0 Å². The van der Waals surface area contributed by atoms with E-state index in [2.05, 4.69) is 10.6 Å². The van der Waals surface area contributed by atoms with Crippen LogP contribution < -0.4 is 27.8 Å². The monoisotopic (exact) mass is 486 g/mol. The van der Waals surface area contributed by atoms with Crippen LogP contribution in [0.5, 0.6) is 0 Å². The molecule has 10 N–H and O–H groups in total. The first-order valence-electron chi connectivity index (χ1n) is 11.1. The molecule has 1 saturated heterocycles. The average Bonchev–Trinajstić information content (AvgIpc) is 3.25. The van der Waals surface area contributed by atoms with Crippen LogP contribution in [0.2, 0.25) is 0 Å². The number of carbonyl (C=O) groups excluding carboxylic acids is 4. The van der Waals surface area contributed by atoms with E-state index in [1.165, 1.54) is 4.90 Å². The van der Waals surface area contributed by atoms with E-state index in [0.29, 0.717) is 32.2 Å². The molecule has 0 aromatic heterocycles. The Morgan fingerprint density at radius 2 is 1.68 bits per heavy atom. The van der Waals surface area contributed by atoms with Gasteiger partial charge in [0.25, 0.3) is 0 Å². The molecule has 1 heterocycles. The summed E-state index contributed by atoms with van der Waals surface area (Å²) in [5.41, 5.74) is 16.3. The van der Waals surface area contributed by atoms with Gasteiger partial charge in [0.15, 0.2) is 0 Å². The number of primary amides is 1. The Hall–Kier alpha value is -3.26. The van der Waals surface area contributed by atoms with Crippen molar-refractivity contribution in [3.63, 3.8) is 0 Å². The van der Waals surface area contributed by atoms with Crippen LogP contribution in [-0.4, -0.2) is 87.9 Å². The Morgan fingerprint density at radius 3 is 2.24 bits per heavy atom. The van der Waals surface area contributed by atoms with Gasteiger partial charge >= 0.3 is 11.9 Å². The fraction of sp³-hybridized carbons (Fsp3) is 0.700. The third-order valence-electron chi connectivity index (χ3n) is 5.43. The van der Waals surface area contributed by atoms with E-state index >= 15 is 0 Å². The second-order valence-electron chi connectivity index (χ2n) is 8.14. The molecule has 1 fully saturated rings. The second kappa shape index (κ2) is 14.1. The van der Waals surface area contributed by atoms with Crippen LogP contribution in [0.4, 0.5) is 0 Å². The first-order chi connectivity index (χ1) is 16.0. The molecule has 0 bridgehead atoms. The van der Waals surface area contributed by atoms with Crippen molar-refractivity contribution < 1.29 is 39.0 Å². The van der Waals surface area contributed by atoms with Gasteiger partial charge in [-0.15, -0.1) is 0 Å². The quantitative estimate of drug-likeness (QED) is 0.117. The van der Waals surface area contributed by atoms with Gasteiger partial charge in [0.2, 0.25) is 23.6 Å². The summed E-state index contributed by atoms with van der Waals surface area (Å²) in [5.74, 6) is -5.66. The van der Waals surface area contributed by atoms with E-state index in [9.17, 15) is 33.9 Å². The third-order valence-corrected chi connectivity index (χ3v) is 5.43. The third kappa shape index (κ3) is 9.31. The predicted octanol–water partition coefficient (Wildman–Crippen LogP) is -2.77. The Balaban J connectivity index is 2.94. The van der Waals surface area contributed by atoms with Crippen LogP contribution in [-0.2, 0) is 28.8 Å². The maximum absolute atomic E-state index is 13.2. The van der Waals surface area contributed by atoms with Crippen LogP contribution in [0.15, 0.2) is 0 Å². The Kier molecular flexibility index (Phi) is 11.9. The number of carboxylic acid groups (broad SMARTS) is 2. The molecule has 1 aliphatic rings. The summed E-state index contributed by atoms with van der Waals surface area (Å²) >= 11 is 0. The Morgan fingerprint density at radius 1 is 1.00 bits per heavy atom. The minimum Gasteiger partial charge on any atom is -0.481 e. The first-order valence-corrected chi connectivity index (χ1v) is 11.1. The second-order valence-corrected chi connectivity index (χ2v) is 8.14. The van der Waals surface area contributed by atoms with Gasteiger partial charge in [-0.05, 0) is 38.6 Å². The van der Waals surface area contributed by atoms with E-state index in [1.807, 2.05) is 0 Å². The van der Waals surface area contributed by atoms with E-state index in [-0.39, 0.29) is 19.4 Å². The predicted molar refractivity (Wildman–Crippen MR) is 118 cm³/mol. The number of aliphatic carboxylic acids is 2. The van der Waals surface area contributed by atoms with Gasteiger partial charge in [-0.2, -0.15) is 0 Å². The molecule has 0 saturated carbocycles. The molecule has 0 radical (unpaired) electrons. The summed E-state index contributed by atoms with van der Waals surface area (Å²) in [7, 11) is 0. The molecule has 0 spiro atoms. The number of amides is 4. The number of likely N-dealkylation sites (tertiary alicyclic amines) is 1. The highest BCUT2D eigenvalue weighted by molar-refractivity contribution is 5.95. The number of nitrogens with two attached hydrogens (primary N) is 3. The molecular formula is C20H34N6O8. The first kappa shape index (κ1) is 28.8. The topological polar surface area (TPSA) is 248 Å². The maximum Gasteiger partial charge on any atom is 0.326 e. The normalized spacial score (nSPS) is 17.9. The molecule has 192 valence electrons. The van der Waals surface area contributed by atoms with E-state index in [0.717, 1.165) is 0 Å². The van der Waals surface area contributed by atoms with Gasteiger partial charge < -0.3 is 42.9 Å². The fourth-order valence-corrected chi connectivity index (χ4v) is 3.62. The largest absolute Gasteiger partial charge is 0.481 e. The van der Waals surface area contributed by atoms with Crippen molar-refractivity contribution in [1.82, 2.24) is 15.5 Å². The molecule has 14 heteroatoms. The highest BCUT2D eigenvalue weighted by Crippen LogP contribution is 2.20. The summed E-state index contributed by atoms with van der Waals surface area (Å²) in [5, 5.41) is 22.9. The number of carboxylic acids is 2. The lowest BCUT2D eigenvalue weighted by molar-refractivity contribution is -0.146. The number of unbranched alkanes of at least 4 members (excludes halogenated alkanes) is 1. The van der Waals surface area contributed by atoms with Crippen LogP contribution in [0.25, 0.3) is 0 Å². The average molecular weight is 487 g/mol. The molecule has 4 unspecified atom stereocenters. The zero-order chi connectivity index (χ0) is 25.8. The smallest absolute Gasteiger partial charge is 0.326 e. The van der Waals surface area contributed by atoms with Crippen LogP contribution >= 0.6 is 0 Å². The van der Waals surface area contributed by atoms with Gasteiger partial charge in [-0.3, -0.25) is 24.0 Å². The van der Waals surface area contributed by atoms with Gasteiger partial charge in [-0.1, -0.05) is 6.42 Å². The molecule has 4 amide bonds. The van der Waals surface area contributed by atoms with Crippen LogP contribution in [0, 0.1) is 0 Å². The molecule has 1 aliphatic heterocycles. The molecular weight excluding hydrogens is 452 g/mol. The van der Waals surface area contributed by atoms with Crippen molar-refractivity contribution >= 4 is 35.6 Å². The molecule has 0 aromatic rings. The molecule has 14 nitrogen and oxygen atoms in total. The Bertz CT molecular complexity index is 776. The van der Waals surface area contributed by atoms with Crippen molar-refractivity contribution in [2.45, 2.75) is 75.5 Å². The zero-order valence-electron chi connectivity index (χ0n) is 18.9. The minimum absolute atomic E-state index is 0.145. The fourth-order valence-electron chi connectivity index (χ4n) is 3.62. The number of nitrogens with zero attached hydrogens (tertiary/aromatic N) is 1. The van der Waals surface area contributed by atoms with Crippen LogP contribution in [0.3, 0.4) is 0 Å². The number of hydrogen-bond acceptors (Lipinski definition) is 8. The van der Waals surface area contributed by atoms with Gasteiger partial charge in [-0.25, -0.2) is 4.79 Å². The standard InChI is InChI=1S/C20H34N6O8/c21-8-2-1-4-11(22)17(30)24-12(6-7-16(28)29)19(32)26-9-3-5-14(26)18(31)25-13(20(33)34)10-15(23)27/h11-14H,1-10,21-22H2,(H2,23,27)(H,24,30)(H,25,31)(H,28,29)(H,33,34). The molecule has 34 heavy (non-hydrogen) atoms. The molecule has 0 aliphatic carbocycles. The van der Waals surface area contributed by atoms with Crippen LogP contribution in [0.1, 0.15) is 51.4 Å². The number of carbonyl (C=O) groups is 6. The highest BCUT2D eigenvalue weighted by atomic mass is 16.4. The van der Waals surface area contributed by atoms with Crippen molar-refractivity contribution in [3.05, 3.63) is 0 Å². The van der Waals surface area contributed by atoms with Crippen molar-refractivity contribution in [2.75, 3.05) is 13.1 Å². The summed E-state index contributed by atoms with van der Waals surface area (Å²) in [6, 6.07) is -4.77. The summed E-state index contributed by atoms with van der Waals surface area (Å²) in [6.07, 6.45) is 0.982. The molecule has 0 aromatic carbocycles. The van der Waals surface area contributed by atoms with Crippen molar-refractivity contribution in [1.29, 1.82) is 0 Å². The zero-order valence-corrected chi connectivity index (χ0v) is 18.9. The minimum atomic E-state index is -1.56. The van der Waals surface area contributed by atoms with E-state index < -0.39 is 72.6 Å². The number of hydrogen-bond donors (Lipinski definition) is 7. The van der Waals surface area contributed by atoms with Gasteiger partial charge in [0.1, 0.15) is 18.1 Å². The Labute approximate surface area is 196 Å². The molecule has 4 atom stereocenters. The lowest BCUT2D eigenvalue weighted by Crippen LogP contribution is -2.57. The van der Waals surface area contributed by atoms with Crippen molar-refractivity contribution in [2.24, 2.45) is 17.2 Å². The maximum atomic E-state index is 13.2. The van der Waals surface area contributed by atoms with Crippen molar-refractivity contribution in [3.8, 4) is 0 Å². The molecule has 1 rings (SSSR count). The summed E-state index contributed by atoms with van der Waals surface area (Å²) < 4.78 is 0. The number of nitrogens with one attached hydrogen (secondary N) is 2. The SMILES string of the molecule is NCCCCC(N)C(=O)NC(CCC(=O)O)C(=O)N1CCCC1C(=O)NC(CC(N)=O)C(=O)O. The summed E-state index contributed by atoms with van der Waals surface area (Å²) in [6.45, 7) is 0.584. The lowest BCUT2D eigenvalue weighted by Gasteiger charge is -2.29. The highest BCUT2D eigenvalue weighted by Gasteiger charge is 2.39.